The van der Waals surface area contributed by atoms with Gasteiger partial charge in [0.25, 0.3) is 0 Å². The molecule has 0 atom stereocenters. The second kappa shape index (κ2) is 5.18. The number of fused-ring (bicyclic) bond motifs is 1. The molecule has 7 nitrogen and oxygen atoms in total. The van der Waals surface area contributed by atoms with Crippen LogP contribution in [-0.4, -0.2) is 32.4 Å². The van der Waals surface area contributed by atoms with Crippen LogP contribution >= 0.6 is 11.6 Å². The molecular weight excluding hydrogens is 258 g/mol. The van der Waals surface area contributed by atoms with Gasteiger partial charge in [0.05, 0.1) is 18.2 Å². The van der Waals surface area contributed by atoms with Crippen LogP contribution in [0.15, 0.2) is 6.20 Å². The summed E-state index contributed by atoms with van der Waals surface area (Å²) < 4.78 is 6.05. The zero-order valence-electron chi connectivity index (χ0n) is 9.76. The summed E-state index contributed by atoms with van der Waals surface area (Å²) in [6.07, 6.45) is 2.53. The molecule has 0 bridgehead atoms. The van der Waals surface area contributed by atoms with Crippen molar-refractivity contribution in [3.8, 4) is 0 Å². The molecule has 2 rings (SSSR count). The molecule has 0 saturated carbocycles. The molecule has 0 fully saturated rings. The Morgan fingerprint density at radius 2 is 2.33 bits per heavy atom. The van der Waals surface area contributed by atoms with Gasteiger partial charge in [-0.1, -0.05) is 24.9 Å². The Balaban J connectivity index is 2.31. The van der Waals surface area contributed by atoms with E-state index in [2.05, 4.69) is 15.1 Å². The monoisotopic (exact) mass is 269 g/mol. The molecule has 2 heterocycles. The second-order valence-electron chi connectivity index (χ2n) is 3.63. The van der Waals surface area contributed by atoms with Gasteiger partial charge in [-0.2, -0.15) is 10.1 Å². The van der Waals surface area contributed by atoms with Gasteiger partial charge in [-0.3, -0.25) is 0 Å². The first-order valence-electron chi connectivity index (χ1n) is 5.47. The molecule has 2 N–H and O–H groups in total. The number of ether oxygens (including phenoxy) is 1. The minimum Gasteiger partial charge on any atom is -0.448 e. The summed E-state index contributed by atoms with van der Waals surface area (Å²) >= 11 is 5.87. The summed E-state index contributed by atoms with van der Waals surface area (Å²) in [6, 6.07) is 0. The average molecular weight is 270 g/mol. The maximum atomic E-state index is 11.8. The van der Waals surface area contributed by atoms with Gasteiger partial charge in [-0.15, -0.1) is 4.68 Å². The highest BCUT2D eigenvalue weighted by Gasteiger charge is 2.16. The maximum Gasteiger partial charge on any atom is 0.436 e. The standard InChI is InChI=1S/C10H12ClN5O2/c1-2-3-4-18-10(17)16-8-6(5-13-16)7(11)14-9(12)15-8/h5H,2-4H2,1H3,(H2,12,14,15). The summed E-state index contributed by atoms with van der Waals surface area (Å²) in [5, 5.41) is 4.49. The Hall–Kier alpha value is -1.89. The van der Waals surface area contributed by atoms with Gasteiger partial charge >= 0.3 is 6.09 Å². The van der Waals surface area contributed by atoms with Crippen molar-refractivity contribution in [2.75, 3.05) is 12.3 Å². The Morgan fingerprint density at radius 3 is 3.06 bits per heavy atom. The summed E-state index contributed by atoms with van der Waals surface area (Å²) in [5.41, 5.74) is 5.72. The highest BCUT2D eigenvalue weighted by molar-refractivity contribution is 6.34. The van der Waals surface area contributed by atoms with Crippen molar-refractivity contribution in [2.45, 2.75) is 19.8 Å². The lowest BCUT2D eigenvalue weighted by molar-refractivity contribution is 0.144. The first kappa shape index (κ1) is 12.6. The molecular formula is C10H12ClN5O2. The van der Waals surface area contributed by atoms with Crippen LogP contribution < -0.4 is 5.73 Å². The van der Waals surface area contributed by atoms with Crippen LogP contribution in [0, 0.1) is 0 Å². The van der Waals surface area contributed by atoms with Crippen molar-refractivity contribution in [3.63, 3.8) is 0 Å². The molecule has 2 aromatic heterocycles. The zero-order chi connectivity index (χ0) is 13.1. The lowest BCUT2D eigenvalue weighted by Crippen LogP contribution is -2.16. The van der Waals surface area contributed by atoms with Gasteiger partial charge in [-0.05, 0) is 6.42 Å². The zero-order valence-corrected chi connectivity index (χ0v) is 10.5. The van der Waals surface area contributed by atoms with Crippen molar-refractivity contribution in [1.29, 1.82) is 0 Å². The van der Waals surface area contributed by atoms with Crippen LogP contribution in [0.3, 0.4) is 0 Å². The number of nitrogen functional groups attached to an aromatic ring is 1. The number of unbranched alkanes of at least 4 members (excludes halogenated alkanes) is 1. The molecule has 0 aliphatic carbocycles. The number of hydrogen-bond donors (Lipinski definition) is 1. The molecule has 0 spiro atoms. The summed E-state index contributed by atoms with van der Waals surface area (Å²) in [6.45, 7) is 2.34. The summed E-state index contributed by atoms with van der Waals surface area (Å²) in [4.78, 5) is 19.5. The molecule has 96 valence electrons. The number of carbonyl (C=O) groups is 1. The minimum absolute atomic E-state index is 0.0180. The SMILES string of the molecule is CCCCOC(=O)n1ncc2c(Cl)nc(N)nc21. The molecule has 0 aromatic carbocycles. The Labute approximate surface area is 108 Å². The van der Waals surface area contributed by atoms with Gasteiger partial charge in [-0.25, -0.2) is 9.78 Å². The number of carbonyl (C=O) groups excluding carboxylic acids is 1. The number of halogens is 1. The molecule has 8 heteroatoms. The van der Waals surface area contributed by atoms with E-state index in [0.717, 1.165) is 17.5 Å². The fourth-order valence-corrected chi connectivity index (χ4v) is 1.61. The van der Waals surface area contributed by atoms with E-state index >= 15 is 0 Å². The molecule has 2 aromatic rings. The van der Waals surface area contributed by atoms with Gasteiger partial charge in [0, 0.05) is 0 Å². The number of aromatic nitrogens is 4. The van der Waals surface area contributed by atoms with Crippen LogP contribution in [-0.2, 0) is 4.74 Å². The Bertz CT molecular complexity index is 583. The fraction of sp³-hybridized carbons (Fsp3) is 0.400. The molecule has 0 aliphatic rings. The molecule has 0 radical (unpaired) electrons. The van der Waals surface area contributed by atoms with Crippen molar-refractivity contribution in [3.05, 3.63) is 11.3 Å². The lowest BCUT2D eigenvalue weighted by atomic mass is 10.4. The van der Waals surface area contributed by atoms with Crippen molar-refractivity contribution in [2.24, 2.45) is 0 Å². The van der Waals surface area contributed by atoms with E-state index in [-0.39, 0.29) is 16.7 Å². The largest absolute Gasteiger partial charge is 0.448 e. The topological polar surface area (TPSA) is 95.9 Å². The number of rotatable bonds is 3. The second-order valence-corrected chi connectivity index (χ2v) is 3.99. The van der Waals surface area contributed by atoms with Crippen LogP contribution in [0.4, 0.5) is 10.7 Å². The normalized spacial score (nSPS) is 10.8. The highest BCUT2D eigenvalue weighted by Crippen LogP contribution is 2.20. The first-order valence-corrected chi connectivity index (χ1v) is 5.85. The Kier molecular flexibility index (Phi) is 3.61. The average Bonchev–Trinajstić information content (AvgIpc) is 2.73. The molecule has 18 heavy (non-hydrogen) atoms. The van der Waals surface area contributed by atoms with Crippen molar-refractivity contribution >= 4 is 34.7 Å². The van der Waals surface area contributed by atoms with Gasteiger partial charge in [0.1, 0.15) is 5.15 Å². The van der Waals surface area contributed by atoms with Crippen LogP contribution in [0.1, 0.15) is 19.8 Å². The fourth-order valence-electron chi connectivity index (χ4n) is 1.39. The van der Waals surface area contributed by atoms with Crippen LogP contribution in [0.5, 0.6) is 0 Å². The third-order valence-corrected chi connectivity index (χ3v) is 2.58. The van der Waals surface area contributed by atoms with Gasteiger partial charge < -0.3 is 10.5 Å². The lowest BCUT2D eigenvalue weighted by Gasteiger charge is -2.04. The van der Waals surface area contributed by atoms with Crippen LogP contribution in [0.25, 0.3) is 11.0 Å². The number of hydrogen-bond acceptors (Lipinski definition) is 6. The van der Waals surface area contributed by atoms with E-state index in [1.807, 2.05) is 6.92 Å². The summed E-state index contributed by atoms with van der Waals surface area (Å²) in [7, 11) is 0. The number of anilines is 1. The Morgan fingerprint density at radius 1 is 1.56 bits per heavy atom. The van der Waals surface area contributed by atoms with Gasteiger partial charge in [0.15, 0.2) is 5.65 Å². The van der Waals surface area contributed by atoms with E-state index in [1.165, 1.54) is 6.20 Å². The maximum absolute atomic E-state index is 11.8. The number of nitrogens with zero attached hydrogens (tertiary/aromatic N) is 4. The smallest absolute Gasteiger partial charge is 0.436 e. The molecule has 0 amide bonds. The minimum atomic E-state index is -0.604. The van der Waals surface area contributed by atoms with E-state index < -0.39 is 6.09 Å². The van der Waals surface area contributed by atoms with E-state index in [1.54, 1.807) is 0 Å². The quantitative estimate of drug-likeness (QED) is 0.675. The molecule has 0 saturated heterocycles. The van der Waals surface area contributed by atoms with E-state index in [0.29, 0.717) is 12.0 Å². The van der Waals surface area contributed by atoms with Crippen molar-refractivity contribution < 1.29 is 9.53 Å². The van der Waals surface area contributed by atoms with E-state index in [4.69, 9.17) is 22.1 Å². The third kappa shape index (κ3) is 2.35. The highest BCUT2D eigenvalue weighted by atomic mass is 35.5. The predicted octanol–water partition coefficient (Wildman–Crippen LogP) is 1.85. The predicted molar refractivity (Wildman–Crippen MR) is 66.4 cm³/mol. The van der Waals surface area contributed by atoms with Crippen LogP contribution in [0.2, 0.25) is 5.15 Å². The first-order chi connectivity index (χ1) is 8.63. The van der Waals surface area contributed by atoms with Gasteiger partial charge in [0.2, 0.25) is 5.95 Å². The van der Waals surface area contributed by atoms with E-state index in [9.17, 15) is 4.79 Å². The third-order valence-electron chi connectivity index (χ3n) is 2.30. The number of nitrogens with two attached hydrogens (primary N) is 1. The summed E-state index contributed by atoms with van der Waals surface area (Å²) in [5.74, 6) is -0.0180. The van der Waals surface area contributed by atoms with Crippen molar-refractivity contribution in [1.82, 2.24) is 19.7 Å². The molecule has 0 unspecified atom stereocenters. The molecule has 0 aliphatic heterocycles.